The van der Waals surface area contributed by atoms with E-state index in [9.17, 15) is 0 Å². The summed E-state index contributed by atoms with van der Waals surface area (Å²) in [4.78, 5) is 10.9. The molecule has 0 saturated carbocycles. The maximum Gasteiger partial charge on any atom is 0.225 e. The van der Waals surface area contributed by atoms with Crippen molar-refractivity contribution >= 4 is 5.95 Å². The summed E-state index contributed by atoms with van der Waals surface area (Å²) < 4.78 is 0. The Morgan fingerprint density at radius 3 is 2.88 bits per heavy atom. The van der Waals surface area contributed by atoms with Crippen LogP contribution in [-0.4, -0.2) is 36.1 Å². The molecule has 1 fully saturated rings. The zero-order valence-electron chi connectivity index (χ0n) is 9.89. The van der Waals surface area contributed by atoms with E-state index in [0.29, 0.717) is 0 Å². The second-order valence-electron chi connectivity index (χ2n) is 4.30. The van der Waals surface area contributed by atoms with E-state index in [2.05, 4.69) is 27.1 Å². The van der Waals surface area contributed by atoms with Gasteiger partial charge < -0.3 is 10.2 Å². The SMILES string of the molecule is CCN(CC1CCCNC1)c1ncccn1. The first kappa shape index (κ1) is 11.3. The average Bonchev–Trinajstić information content (AvgIpc) is 2.38. The Labute approximate surface area is 97.1 Å². The number of anilines is 1. The number of nitrogens with zero attached hydrogens (tertiary/aromatic N) is 3. The summed E-state index contributed by atoms with van der Waals surface area (Å²) in [6, 6.07) is 1.86. The second kappa shape index (κ2) is 5.80. The molecule has 1 unspecified atom stereocenters. The Hall–Kier alpha value is -1.16. The summed E-state index contributed by atoms with van der Waals surface area (Å²) in [7, 11) is 0. The van der Waals surface area contributed by atoms with Gasteiger partial charge in [-0.1, -0.05) is 0 Å². The molecule has 16 heavy (non-hydrogen) atoms. The van der Waals surface area contributed by atoms with Gasteiger partial charge in [0.1, 0.15) is 0 Å². The van der Waals surface area contributed by atoms with Gasteiger partial charge in [0, 0.05) is 25.5 Å². The molecule has 4 nitrogen and oxygen atoms in total. The number of piperidine rings is 1. The molecular weight excluding hydrogens is 200 g/mol. The van der Waals surface area contributed by atoms with E-state index in [0.717, 1.165) is 31.5 Å². The highest BCUT2D eigenvalue weighted by molar-refractivity contribution is 5.27. The smallest absolute Gasteiger partial charge is 0.225 e. The summed E-state index contributed by atoms with van der Waals surface area (Å²) >= 11 is 0. The molecule has 0 bridgehead atoms. The molecule has 2 heterocycles. The topological polar surface area (TPSA) is 41.0 Å². The van der Waals surface area contributed by atoms with Crippen LogP contribution in [0.3, 0.4) is 0 Å². The number of aromatic nitrogens is 2. The predicted octanol–water partition coefficient (Wildman–Crippen LogP) is 1.30. The first-order valence-corrected chi connectivity index (χ1v) is 6.13. The van der Waals surface area contributed by atoms with Crippen LogP contribution in [0.4, 0.5) is 5.95 Å². The fraction of sp³-hybridized carbons (Fsp3) is 0.667. The van der Waals surface area contributed by atoms with Crippen molar-refractivity contribution in [3.05, 3.63) is 18.5 Å². The fourth-order valence-electron chi connectivity index (χ4n) is 2.20. The molecule has 1 aliphatic rings. The third-order valence-electron chi connectivity index (χ3n) is 3.09. The molecular formula is C12H20N4. The Morgan fingerprint density at radius 2 is 2.25 bits per heavy atom. The molecule has 1 aromatic heterocycles. The normalized spacial score (nSPS) is 20.7. The number of nitrogens with one attached hydrogen (secondary N) is 1. The number of hydrogen-bond acceptors (Lipinski definition) is 4. The minimum absolute atomic E-state index is 0.734. The van der Waals surface area contributed by atoms with Crippen LogP contribution in [0.25, 0.3) is 0 Å². The first-order chi connectivity index (χ1) is 7.90. The molecule has 2 rings (SSSR count). The molecule has 0 radical (unpaired) electrons. The van der Waals surface area contributed by atoms with E-state index in [-0.39, 0.29) is 0 Å². The van der Waals surface area contributed by atoms with E-state index in [4.69, 9.17) is 0 Å². The van der Waals surface area contributed by atoms with Crippen LogP contribution in [0.15, 0.2) is 18.5 Å². The van der Waals surface area contributed by atoms with Crippen molar-refractivity contribution in [3.63, 3.8) is 0 Å². The van der Waals surface area contributed by atoms with Gasteiger partial charge in [-0.25, -0.2) is 9.97 Å². The third-order valence-corrected chi connectivity index (χ3v) is 3.09. The number of rotatable bonds is 4. The molecule has 0 amide bonds. The van der Waals surface area contributed by atoms with Gasteiger partial charge in [0.25, 0.3) is 0 Å². The van der Waals surface area contributed by atoms with Crippen LogP contribution < -0.4 is 10.2 Å². The fourth-order valence-corrected chi connectivity index (χ4v) is 2.20. The van der Waals surface area contributed by atoms with Gasteiger partial charge in [-0.05, 0) is 44.8 Å². The Bertz CT molecular complexity index is 295. The van der Waals surface area contributed by atoms with Gasteiger partial charge in [0.2, 0.25) is 5.95 Å². The molecule has 1 aromatic rings. The van der Waals surface area contributed by atoms with Crippen LogP contribution in [0, 0.1) is 5.92 Å². The second-order valence-corrected chi connectivity index (χ2v) is 4.30. The van der Waals surface area contributed by atoms with Gasteiger partial charge in [-0.3, -0.25) is 0 Å². The molecule has 1 atom stereocenters. The molecule has 88 valence electrons. The Kier molecular flexibility index (Phi) is 4.10. The Morgan fingerprint density at radius 1 is 1.44 bits per heavy atom. The highest BCUT2D eigenvalue weighted by Gasteiger charge is 2.17. The van der Waals surface area contributed by atoms with Gasteiger partial charge in [-0.2, -0.15) is 0 Å². The van der Waals surface area contributed by atoms with Crippen molar-refractivity contribution in [2.45, 2.75) is 19.8 Å². The van der Waals surface area contributed by atoms with E-state index < -0.39 is 0 Å². The van der Waals surface area contributed by atoms with Gasteiger partial charge in [-0.15, -0.1) is 0 Å². The van der Waals surface area contributed by atoms with Gasteiger partial charge in [0.05, 0.1) is 0 Å². The van der Waals surface area contributed by atoms with Crippen molar-refractivity contribution in [3.8, 4) is 0 Å². The summed E-state index contributed by atoms with van der Waals surface area (Å²) in [6.07, 6.45) is 6.22. The minimum atomic E-state index is 0.734. The zero-order chi connectivity index (χ0) is 11.2. The maximum atomic E-state index is 4.31. The summed E-state index contributed by atoms with van der Waals surface area (Å²) in [5.41, 5.74) is 0. The van der Waals surface area contributed by atoms with Crippen molar-refractivity contribution < 1.29 is 0 Å². The first-order valence-electron chi connectivity index (χ1n) is 6.13. The lowest BCUT2D eigenvalue weighted by Gasteiger charge is -2.29. The van der Waals surface area contributed by atoms with E-state index in [1.54, 1.807) is 0 Å². The van der Waals surface area contributed by atoms with Crippen LogP contribution >= 0.6 is 0 Å². The Balaban J connectivity index is 1.94. The zero-order valence-corrected chi connectivity index (χ0v) is 9.89. The lowest BCUT2D eigenvalue weighted by atomic mass is 9.99. The molecule has 0 aromatic carbocycles. The molecule has 1 saturated heterocycles. The standard InChI is InChI=1S/C12H20N4/c1-2-16(12-14-7-4-8-15-12)10-11-5-3-6-13-9-11/h4,7-8,11,13H,2-3,5-6,9-10H2,1H3. The van der Waals surface area contributed by atoms with E-state index in [1.807, 2.05) is 18.5 Å². The molecule has 1 aliphatic heterocycles. The van der Waals surface area contributed by atoms with Crippen LogP contribution in [0.1, 0.15) is 19.8 Å². The lowest BCUT2D eigenvalue weighted by molar-refractivity contribution is 0.376. The average molecular weight is 220 g/mol. The monoisotopic (exact) mass is 220 g/mol. The molecule has 4 heteroatoms. The van der Waals surface area contributed by atoms with Crippen LogP contribution in [-0.2, 0) is 0 Å². The molecule has 1 N–H and O–H groups in total. The lowest BCUT2D eigenvalue weighted by Crippen LogP contribution is -2.38. The quantitative estimate of drug-likeness (QED) is 0.830. The minimum Gasteiger partial charge on any atom is -0.341 e. The van der Waals surface area contributed by atoms with E-state index >= 15 is 0 Å². The van der Waals surface area contributed by atoms with Crippen LogP contribution in [0.5, 0.6) is 0 Å². The maximum absolute atomic E-state index is 4.31. The largest absolute Gasteiger partial charge is 0.341 e. The molecule has 0 aliphatic carbocycles. The van der Waals surface area contributed by atoms with Gasteiger partial charge >= 0.3 is 0 Å². The highest BCUT2D eigenvalue weighted by Crippen LogP contribution is 2.14. The summed E-state index contributed by atoms with van der Waals surface area (Å²) in [5, 5.41) is 3.45. The van der Waals surface area contributed by atoms with Crippen molar-refractivity contribution in [1.82, 2.24) is 15.3 Å². The molecule has 0 spiro atoms. The predicted molar refractivity (Wildman–Crippen MR) is 65.5 cm³/mol. The number of hydrogen-bond donors (Lipinski definition) is 1. The van der Waals surface area contributed by atoms with Crippen LogP contribution in [0.2, 0.25) is 0 Å². The van der Waals surface area contributed by atoms with Gasteiger partial charge in [0.15, 0.2) is 0 Å². The van der Waals surface area contributed by atoms with Crippen molar-refractivity contribution in [2.24, 2.45) is 5.92 Å². The summed E-state index contributed by atoms with van der Waals surface area (Å²) in [5.74, 6) is 1.59. The van der Waals surface area contributed by atoms with Crippen molar-refractivity contribution in [2.75, 3.05) is 31.1 Å². The summed E-state index contributed by atoms with van der Waals surface area (Å²) in [6.45, 7) is 6.49. The highest BCUT2D eigenvalue weighted by atomic mass is 15.2. The third kappa shape index (κ3) is 2.92. The van der Waals surface area contributed by atoms with E-state index in [1.165, 1.54) is 19.4 Å². The van der Waals surface area contributed by atoms with Crippen molar-refractivity contribution in [1.29, 1.82) is 0 Å².